The van der Waals surface area contributed by atoms with Gasteiger partial charge in [-0.25, -0.2) is 0 Å². The molecule has 0 radical (unpaired) electrons. The van der Waals surface area contributed by atoms with Crippen LogP contribution in [0.4, 0.5) is 0 Å². The van der Waals surface area contributed by atoms with E-state index in [9.17, 15) is 4.79 Å². The average Bonchev–Trinajstić information content (AvgIpc) is 2.85. The molecule has 1 amide bonds. The van der Waals surface area contributed by atoms with Crippen molar-refractivity contribution in [2.24, 2.45) is 0 Å². The van der Waals surface area contributed by atoms with Gasteiger partial charge in [0.05, 0.1) is 6.54 Å². The van der Waals surface area contributed by atoms with Gasteiger partial charge in [0.15, 0.2) is 6.61 Å². The normalized spacial score (nSPS) is 10.5. The summed E-state index contributed by atoms with van der Waals surface area (Å²) < 4.78 is 6.55. The second-order valence-corrected chi connectivity index (χ2v) is 7.00. The molecule has 21 heavy (non-hydrogen) atoms. The molecule has 0 saturated heterocycles. The first-order valence-electron chi connectivity index (χ1n) is 6.31. The van der Waals surface area contributed by atoms with Gasteiger partial charge in [-0.2, -0.15) is 0 Å². The molecule has 0 aliphatic heterocycles. The highest BCUT2D eigenvalue weighted by atomic mass is 79.9. The molecular weight excluding hydrogens is 374 g/mol. The molecule has 0 bridgehead atoms. The molecule has 3 nitrogen and oxygen atoms in total. The Morgan fingerprint density at radius 2 is 2.19 bits per heavy atom. The van der Waals surface area contributed by atoms with E-state index in [1.807, 2.05) is 24.4 Å². The standard InChI is InChI=1S/C15H15BrClNO2S/c1-10-5-12(3-4-14(10)17)20-8-15(19)18(2)7-13-6-11(16)9-21-13/h3-6,9H,7-8H2,1-2H3. The smallest absolute Gasteiger partial charge is 0.260 e. The summed E-state index contributed by atoms with van der Waals surface area (Å²) in [6, 6.07) is 7.37. The van der Waals surface area contributed by atoms with Crippen LogP contribution in [-0.4, -0.2) is 24.5 Å². The van der Waals surface area contributed by atoms with E-state index in [1.54, 1.807) is 35.4 Å². The summed E-state index contributed by atoms with van der Waals surface area (Å²) in [5.74, 6) is 0.588. The lowest BCUT2D eigenvalue weighted by Gasteiger charge is -2.16. The van der Waals surface area contributed by atoms with Gasteiger partial charge in [0, 0.05) is 26.8 Å². The number of aryl methyl sites for hydroxylation is 1. The molecule has 0 aliphatic carbocycles. The molecule has 1 aromatic carbocycles. The van der Waals surface area contributed by atoms with Gasteiger partial charge in [-0.05, 0) is 52.7 Å². The van der Waals surface area contributed by atoms with E-state index in [2.05, 4.69) is 15.9 Å². The van der Waals surface area contributed by atoms with Crippen molar-refractivity contribution in [3.8, 4) is 5.75 Å². The van der Waals surface area contributed by atoms with Gasteiger partial charge >= 0.3 is 0 Å². The Bertz CT molecular complexity index is 644. The maximum atomic E-state index is 12.0. The van der Waals surface area contributed by atoms with Crippen molar-refractivity contribution < 1.29 is 9.53 Å². The number of hydrogen-bond donors (Lipinski definition) is 0. The number of carbonyl (C=O) groups is 1. The molecule has 0 atom stereocenters. The van der Waals surface area contributed by atoms with Crippen molar-refractivity contribution in [3.63, 3.8) is 0 Å². The maximum absolute atomic E-state index is 12.0. The zero-order valence-electron chi connectivity index (χ0n) is 11.7. The Labute approximate surface area is 141 Å². The molecule has 112 valence electrons. The summed E-state index contributed by atoms with van der Waals surface area (Å²) in [7, 11) is 1.77. The fourth-order valence-electron chi connectivity index (χ4n) is 1.72. The van der Waals surface area contributed by atoms with E-state index in [0.29, 0.717) is 17.3 Å². The van der Waals surface area contributed by atoms with Crippen molar-refractivity contribution in [3.05, 3.63) is 49.6 Å². The van der Waals surface area contributed by atoms with E-state index < -0.39 is 0 Å². The Hall–Kier alpha value is -1.04. The van der Waals surface area contributed by atoms with E-state index in [1.165, 1.54) is 0 Å². The molecule has 1 heterocycles. The summed E-state index contributed by atoms with van der Waals surface area (Å²) in [6.07, 6.45) is 0. The number of halogens is 2. The Morgan fingerprint density at radius 1 is 1.43 bits per heavy atom. The molecule has 0 aliphatic rings. The second kappa shape index (κ2) is 7.29. The van der Waals surface area contributed by atoms with E-state index in [-0.39, 0.29) is 12.5 Å². The third kappa shape index (κ3) is 4.73. The third-order valence-electron chi connectivity index (χ3n) is 2.93. The van der Waals surface area contributed by atoms with Crippen molar-refractivity contribution in [2.45, 2.75) is 13.5 Å². The minimum Gasteiger partial charge on any atom is -0.484 e. The highest BCUT2D eigenvalue weighted by Gasteiger charge is 2.11. The first kappa shape index (κ1) is 16.3. The fourth-order valence-corrected chi connectivity index (χ4v) is 3.34. The van der Waals surface area contributed by atoms with Crippen LogP contribution in [0.2, 0.25) is 5.02 Å². The summed E-state index contributed by atoms with van der Waals surface area (Å²) in [5.41, 5.74) is 0.929. The van der Waals surface area contributed by atoms with Crippen LogP contribution in [0.25, 0.3) is 0 Å². The van der Waals surface area contributed by atoms with Gasteiger partial charge < -0.3 is 9.64 Å². The molecule has 0 saturated carbocycles. The highest BCUT2D eigenvalue weighted by Crippen LogP contribution is 2.22. The number of ether oxygens (including phenoxy) is 1. The van der Waals surface area contributed by atoms with Crippen LogP contribution >= 0.6 is 38.9 Å². The van der Waals surface area contributed by atoms with Crippen molar-refractivity contribution >= 4 is 44.8 Å². The van der Waals surface area contributed by atoms with Gasteiger partial charge in [-0.15, -0.1) is 11.3 Å². The van der Waals surface area contributed by atoms with Gasteiger partial charge in [0.1, 0.15) is 5.75 Å². The zero-order chi connectivity index (χ0) is 15.4. The molecule has 2 aromatic rings. The number of carbonyl (C=O) groups excluding carboxylic acids is 1. The summed E-state index contributed by atoms with van der Waals surface area (Å²) in [6.45, 7) is 2.50. The van der Waals surface area contributed by atoms with Crippen LogP contribution in [-0.2, 0) is 11.3 Å². The van der Waals surface area contributed by atoms with Crippen molar-refractivity contribution in [1.82, 2.24) is 4.90 Å². The first-order chi connectivity index (χ1) is 9.95. The van der Waals surface area contributed by atoms with Crippen LogP contribution < -0.4 is 4.74 Å². The quantitative estimate of drug-likeness (QED) is 0.754. The SMILES string of the molecule is Cc1cc(OCC(=O)N(C)Cc2cc(Br)cs2)ccc1Cl. The first-order valence-corrected chi connectivity index (χ1v) is 8.36. The van der Waals surface area contributed by atoms with Crippen molar-refractivity contribution in [2.75, 3.05) is 13.7 Å². The number of likely N-dealkylation sites (N-methyl/N-ethyl adjacent to an activating group) is 1. The number of benzene rings is 1. The van der Waals surface area contributed by atoms with Gasteiger partial charge in [-0.1, -0.05) is 11.6 Å². The maximum Gasteiger partial charge on any atom is 0.260 e. The highest BCUT2D eigenvalue weighted by molar-refractivity contribution is 9.10. The predicted molar refractivity (Wildman–Crippen MR) is 90.2 cm³/mol. The lowest BCUT2D eigenvalue weighted by molar-refractivity contribution is -0.132. The third-order valence-corrected chi connectivity index (χ3v) is 5.04. The number of thiophene rings is 1. The van der Waals surface area contributed by atoms with Gasteiger partial charge in [-0.3, -0.25) is 4.79 Å². The van der Waals surface area contributed by atoms with Crippen LogP contribution in [0, 0.1) is 6.92 Å². The Balaban J connectivity index is 1.87. The lowest BCUT2D eigenvalue weighted by atomic mass is 10.2. The summed E-state index contributed by atoms with van der Waals surface area (Å²) in [4.78, 5) is 14.8. The Kier molecular flexibility index (Phi) is 5.67. The second-order valence-electron chi connectivity index (χ2n) is 4.68. The molecular formula is C15H15BrClNO2S. The summed E-state index contributed by atoms with van der Waals surface area (Å²) >= 11 is 11.0. The predicted octanol–water partition coefficient (Wildman–Crippen LogP) is 4.51. The minimum atomic E-state index is -0.0628. The number of hydrogen-bond acceptors (Lipinski definition) is 3. The molecule has 0 N–H and O–H groups in total. The zero-order valence-corrected chi connectivity index (χ0v) is 14.9. The Morgan fingerprint density at radius 3 is 2.81 bits per heavy atom. The van der Waals surface area contributed by atoms with E-state index in [4.69, 9.17) is 16.3 Å². The van der Waals surface area contributed by atoms with E-state index >= 15 is 0 Å². The van der Waals surface area contributed by atoms with E-state index in [0.717, 1.165) is 14.9 Å². The van der Waals surface area contributed by atoms with Crippen LogP contribution in [0.15, 0.2) is 34.1 Å². The molecule has 0 unspecified atom stereocenters. The van der Waals surface area contributed by atoms with Gasteiger partial charge in [0.25, 0.3) is 5.91 Å². The van der Waals surface area contributed by atoms with Crippen molar-refractivity contribution in [1.29, 1.82) is 0 Å². The molecule has 6 heteroatoms. The van der Waals surface area contributed by atoms with Crippen LogP contribution in [0.3, 0.4) is 0 Å². The van der Waals surface area contributed by atoms with Crippen LogP contribution in [0.1, 0.15) is 10.4 Å². The van der Waals surface area contributed by atoms with Crippen LogP contribution in [0.5, 0.6) is 5.75 Å². The monoisotopic (exact) mass is 387 g/mol. The topological polar surface area (TPSA) is 29.5 Å². The number of nitrogens with zero attached hydrogens (tertiary/aromatic N) is 1. The number of amides is 1. The number of rotatable bonds is 5. The molecule has 1 aromatic heterocycles. The largest absolute Gasteiger partial charge is 0.484 e. The molecule has 0 fully saturated rings. The fraction of sp³-hybridized carbons (Fsp3) is 0.267. The average molecular weight is 389 g/mol. The molecule has 2 rings (SSSR count). The minimum absolute atomic E-state index is 0.0180. The van der Waals surface area contributed by atoms with Gasteiger partial charge in [0.2, 0.25) is 0 Å². The summed E-state index contributed by atoms with van der Waals surface area (Å²) in [5, 5.41) is 2.69. The lowest BCUT2D eigenvalue weighted by Crippen LogP contribution is -2.30. The molecule has 0 spiro atoms.